The maximum Gasteiger partial charge on any atom is 0.287 e. The number of hydrogen-bond acceptors (Lipinski definition) is 3. The third kappa shape index (κ3) is 3.22. The van der Waals surface area contributed by atoms with E-state index in [-0.39, 0.29) is 29.2 Å². The summed E-state index contributed by atoms with van der Waals surface area (Å²) in [5.74, 6) is 0.141. The molecule has 1 aromatic rings. The van der Waals surface area contributed by atoms with Crippen LogP contribution in [-0.2, 0) is 7.05 Å². The quantitative estimate of drug-likeness (QED) is 0.506. The number of rotatable bonds is 5. The summed E-state index contributed by atoms with van der Waals surface area (Å²) in [7, 11) is 1.59. The van der Waals surface area contributed by atoms with Crippen molar-refractivity contribution in [2.45, 2.75) is 19.9 Å². The van der Waals surface area contributed by atoms with Crippen LogP contribution in [0, 0.1) is 16.0 Å². The molecule has 0 aromatic carbocycles. The first-order valence-electron chi connectivity index (χ1n) is 5.54. The SMILES string of the molecule is CC(C)C(CCl)NC(=O)c1cc([N+](=O)[O-])cn1C. The molecule has 1 N–H and O–H groups in total. The van der Waals surface area contributed by atoms with Crippen LogP contribution >= 0.6 is 11.6 Å². The number of aromatic nitrogens is 1. The Morgan fingerprint density at radius 3 is 2.61 bits per heavy atom. The van der Waals surface area contributed by atoms with E-state index in [1.165, 1.54) is 16.8 Å². The van der Waals surface area contributed by atoms with Crippen molar-refractivity contribution < 1.29 is 9.72 Å². The third-order valence-corrected chi connectivity index (χ3v) is 3.05. The highest BCUT2D eigenvalue weighted by Gasteiger charge is 2.21. The van der Waals surface area contributed by atoms with E-state index in [9.17, 15) is 14.9 Å². The summed E-state index contributed by atoms with van der Waals surface area (Å²) < 4.78 is 1.43. The zero-order valence-electron chi connectivity index (χ0n) is 10.5. The number of nitro groups is 1. The molecule has 0 bridgehead atoms. The summed E-state index contributed by atoms with van der Waals surface area (Å²) in [6.45, 7) is 3.89. The van der Waals surface area contributed by atoms with Gasteiger partial charge in [-0.15, -0.1) is 11.6 Å². The molecular weight excluding hydrogens is 258 g/mol. The summed E-state index contributed by atoms with van der Waals surface area (Å²) in [5.41, 5.74) is 0.145. The first-order valence-corrected chi connectivity index (χ1v) is 6.07. The monoisotopic (exact) mass is 273 g/mol. The van der Waals surface area contributed by atoms with Crippen LogP contribution in [0.5, 0.6) is 0 Å². The van der Waals surface area contributed by atoms with E-state index in [1.54, 1.807) is 7.05 Å². The van der Waals surface area contributed by atoms with Crippen LogP contribution in [0.1, 0.15) is 24.3 Å². The number of alkyl halides is 1. The number of carbonyl (C=O) groups excluding carboxylic acids is 1. The van der Waals surface area contributed by atoms with Crippen molar-refractivity contribution in [1.29, 1.82) is 0 Å². The highest BCUT2D eigenvalue weighted by molar-refractivity contribution is 6.18. The summed E-state index contributed by atoms with van der Waals surface area (Å²) in [4.78, 5) is 22.0. The van der Waals surface area contributed by atoms with Crippen LogP contribution in [0.15, 0.2) is 12.3 Å². The van der Waals surface area contributed by atoms with Crippen LogP contribution in [0.25, 0.3) is 0 Å². The average molecular weight is 274 g/mol. The number of nitrogens with one attached hydrogen (secondary N) is 1. The molecule has 0 saturated heterocycles. The Balaban J connectivity index is 2.87. The van der Waals surface area contributed by atoms with E-state index in [0.29, 0.717) is 5.88 Å². The summed E-state index contributed by atoms with van der Waals surface area (Å²) in [6, 6.07) is 1.09. The maximum absolute atomic E-state index is 12.0. The topological polar surface area (TPSA) is 77.2 Å². The molecule has 0 aliphatic heterocycles. The van der Waals surface area contributed by atoms with Crippen molar-refractivity contribution in [3.63, 3.8) is 0 Å². The number of amides is 1. The molecule has 18 heavy (non-hydrogen) atoms. The fourth-order valence-electron chi connectivity index (χ4n) is 1.50. The minimum absolute atomic E-state index is 0.102. The largest absolute Gasteiger partial charge is 0.347 e. The van der Waals surface area contributed by atoms with E-state index >= 15 is 0 Å². The van der Waals surface area contributed by atoms with Crippen LogP contribution < -0.4 is 5.32 Å². The van der Waals surface area contributed by atoms with Gasteiger partial charge in [0.2, 0.25) is 0 Å². The molecular formula is C11H16ClN3O3. The molecule has 0 spiro atoms. The molecule has 0 aliphatic rings. The number of hydrogen-bond donors (Lipinski definition) is 1. The molecule has 1 unspecified atom stereocenters. The smallest absolute Gasteiger partial charge is 0.287 e. The molecule has 1 aromatic heterocycles. The van der Waals surface area contributed by atoms with Gasteiger partial charge in [0.1, 0.15) is 5.69 Å². The number of halogens is 1. The highest BCUT2D eigenvalue weighted by Crippen LogP contribution is 2.15. The van der Waals surface area contributed by atoms with Gasteiger partial charge in [-0.05, 0) is 5.92 Å². The fourth-order valence-corrected chi connectivity index (χ4v) is 1.93. The molecule has 0 fully saturated rings. The third-order valence-electron chi connectivity index (χ3n) is 2.72. The lowest BCUT2D eigenvalue weighted by molar-refractivity contribution is -0.384. The first-order chi connectivity index (χ1) is 8.36. The molecule has 6 nitrogen and oxygen atoms in total. The molecule has 7 heteroatoms. The molecule has 100 valence electrons. The molecule has 1 rings (SSSR count). The Morgan fingerprint density at radius 2 is 2.22 bits per heavy atom. The van der Waals surface area contributed by atoms with Crippen LogP contribution in [0.2, 0.25) is 0 Å². The van der Waals surface area contributed by atoms with E-state index < -0.39 is 4.92 Å². The summed E-state index contributed by atoms with van der Waals surface area (Å²) >= 11 is 5.76. The van der Waals surface area contributed by atoms with Crippen molar-refractivity contribution in [3.8, 4) is 0 Å². The average Bonchev–Trinajstić information content (AvgIpc) is 2.67. The molecule has 1 heterocycles. The van der Waals surface area contributed by atoms with Gasteiger partial charge in [0, 0.05) is 25.0 Å². The predicted octanol–water partition coefficient (Wildman–Crippen LogP) is 1.93. The zero-order valence-corrected chi connectivity index (χ0v) is 11.3. The maximum atomic E-state index is 12.0. The highest BCUT2D eigenvalue weighted by atomic mass is 35.5. The van der Waals surface area contributed by atoms with Crippen molar-refractivity contribution in [2.75, 3.05) is 5.88 Å². The number of carbonyl (C=O) groups is 1. The van der Waals surface area contributed by atoms with Crippen molar-refractivity contribution in [2.24, 2.45) is 13.0 Å². The normalized spacial score (nSPS) is 12.5. The van der Waals surface area contributed by atoms with Gasteiger partial charge in [-0.25, -0.2) is 0 Å². The van der Waals surface area contributed by atoms with Gasteiger partial charge in [-0.3, -0.25) is 14.9 Å². The zero-order chi connectivity index (χ0) is 13.9. The van der Waals surface area contributed by atoms with Gasteiger partial charge >= 0.3 is 0 Å². The van der Waals surface area contributed by atoms with E-state index in [4.69, 9.17) is 11.6 Å². The Hall–Kier alpha value is -1.56. The van der Waals surface area contributed by atoms with Crippen LogP contribution in [0.4, 0.5) is 5.69 Å². The van der Waals surface area contributed by atoms with E-state index in [1.807, 2.05) is 13.8 Å². The standard InChI is InChI=1S/C11H16ClN3O3/c1-7(2)9(5-12)13-11(16)10-4-8(15(17)18)6-14(10)3/h4,6-7,9H,5H2,1-3H3,(H,13,16). The fraction of sp³-hybridized carbons (Fsp3) is 0.545. The predicted molar refractivity (Wildman–Crippen MR) is 68.9 cm³/mol. The Morgan fingerprint density at radius 1 is 1.61 bits per heavy atom. The molecule has 0 saturated carbocycles. The summed E-state index contributed by atoms with van der Waals surface area (Å²) in [5, 5.41) is 13.4. The van der Waals surface area contributed by atoms with Crippen LogP contribution in [0.3, 0.4) is 0 Å². The minimum atomic E-state index is -0.530. The lowest BCUT2D eigenvalue weighted by Gasteiger charge is -2.19. The molecule has 0 radical (unpaired) electrons. The number of nitrogens with zero attached hydrogens (tertiary/aromatic N) is 2. The van der Waals surface area contributed by atoms with Crippen LogP contribution in [-0.4, -0.2) is 27.3 Å². The summed E-state index contributed by atoms with van der Waals surface area (Å²) in [6.07, 6.45) is 1.31. The first kappa shape index (κ1) is 14.5. The molecule has 0 aliphatic carbocycles. The van der Waals surface area contributed by atoms with Gasteiger partial charge in [-0.1, -0.05) is 13.8 Å². The lowest BCUT2D eigenvalue weighted by Crippen LogP contribution is -2.40. The Kier molecular flexibility index (Phi) is 4.72. The van der Waals surface area contributed by atoms with Gasteiger partial charge in [0.15, 0.2) is 0 Å². The van der Waals surface area contributed by atoms with Crippen molar-refractivity contribution >= 4 is 23.2 Å². The van der Waals surface area contributed by atoms with Crippen molar-refractivity contribution in [1.82, 2.24) is 9.88 Å². The van der Waals surface area contributed by atoms with Gasteiger partial charge < -0.3 is 9.88 Å². The van der Waals surface area contributed by atoms with Gasteiger partial charge in [0.05, 0.1) is 11.1 Å². The lowest BCUT2D eigenvalue weighted by atomic mass is 10.1. The minimum Gasteiger partial charge on any atom is -0.347 e. The van der Waals surface area contributed by atoms with Gasteiger partial charge in [0.25, 0.3) is 11.6 Å². The second kappa shape index (κ2) is 5.86. The van der Waals surface area contributed by atoms with Gasteiger partial charge in [-0.2, -0.15) is 0 Å². The second-order valence-corrected chi connectivity index (χ2v) is 4.74. The van der Waals surface area contributed by atoms with E-state index in [0.717, 1.165) is 0 Å². The Bertz CT molecular complexity index is 456. The van der Waals surface area contributed by atoms with Crippen molar-refractivity contribution in [3.05, 3.63) is 28.1 Å². The van der Waals surface area contributed by atoms with E-state index in [2.05, 4.69) is 5.32 Å². The second-order valence-electron chi connectivity index (χ2n) is 4.43. The Labute approximate surface area is 110 Å². The molecule has 1 amide bonds. The molecule has 1 atom stereocenters. The number of aryl methyl sites for hydroxylation is 1.